The van der Waals surface area contributed by atoms with Crippen LogP contribution in [0.5, 0.6) is 5.75 Å². The van der Waals surface area contributed by atoms with Crippen LogP contribution in [-0.4, -0.2) is 5.11 Å². The van der Waals surface area contributed by atoms with Gasteiger partial charge in [-0.2, -0.15) is 0 Å². The second-order valence-electron chi connectivity index (χ2n) is 2.95. The summed E-state index contributed by atoms with van der Waals surface area (Å²) in [5.74, 6) is -2.12. The van der Waals surface area contributed by atoms with E-state index in [0.29, 0.717) is 12.5 Å². The maximum Gasteiger partial charge on any atom is 0.134 e. The summed E-state index contributed by atoms with van der Waals surface area (Å²) in [5.41, 5.74) is 5.49. The Kier molecular flexibility index (Phi) is 5.25. The highest BCUT2D eigenvalue weighted by Crippen LogP contribution is 2.28. The molecule has 5 heteroatoms. The molecular formula is C10H12ClF2NO. The van der Waals surface area contributed by atoms with E-state index >= 15 is 0 Å². The third kappa shape index (κ3) is 3.18. The molecule has 0 spiro atoms. The lowest BCUT2D eigenvalue weighted by molar-refractivity contribution is 0.440. The molecule has 0 aliphatic rings. The van der Waals surface area contributed by atoms with Crippen molar-refractivity contribution in [2.45, 2.75) is 12.5 Å². The molecule has 0 aromatic heterocycles. The smallest absolute Gasteiger partial charge is 0.134 e. The second-order valence-corrected chi connectivity index (χ2v) is 2.95. The maximum atomic E-state index is 13.2. The number of hydrogen-bond donors (Lipinski definition) is 2. The highest BCUT2D eigenvalue weighted by Gasteiger charge is 2.16. The summed E-state index contributed by atoms with van der Waals surface area (Å²) in [6, 6.07) is 0.826. The van der Waals surface area contributed by atoms with Crippen molar-refractivity contribution in [3.63, 3.8) is 0 Å². The molecule has 15 heavy (non-hydrogen) atoms. The molecule has 0 aliphatic heterocycles. The Hall–Kier alpha value is -1.13. The molecule has 0 amide bonds. The van der Waals surface area contributed by atoms with Crippen LogP contribution in [0.4, 0.5) is 8.78 Å². The summed E-state index contributed by atoms with van der Waals surface area (Å²) in [6.45, 7) is 3.44. The summed E-state index contributed by atoms with van der Waals surface area (Å²) in [4.78, 5) is 0. The molecule has 0 aliphatic carbocycles. The van der Waals surface area contributed by atoms with Gasteiger partial charge in [0.15, 0.2) is 0 Å². The van der Waals surface area contributed by atoms with Crippen LogP contribution in [0.2, 0.25) is 0 Å². The van der Waals surface area contributed by atoms with Gasteiger partial charge in [0.1, 0.15) is 17.4 Å². The molecule has 3 N–H and O–H groups in total. The zero-order valence-corrected chi connectivity index (χ0v) is 8.73. The van der Waals surface area contributed by atoms with Crippen molar-refractivity contribution < 1.29 is 13.9 Å². The van der Waals surface area contributed by atoms with Crippen molar-refractivity contribution in [1.82, 2.24) is 0 Å². The van der Waals surface area contributed by atoms with Crippen LogP contribution in [0, 0.1) is 11.6 Å². The number of hydrogen-bond acceptors (Lipinski definition) is 2. The van der Waals surface area contributed by atoms with Crippen molar-refractivity contribution in [3.8, 4) is 5.75 Å². The summed E-state index contributed by atoms with van der Waals surface area (Å²) in [5, 5.41) is 9.27. The first-order valence-corrected chi connectivity index (χ1v) is 4.10. The average molecular weight is 236 g/mol. The molecule has 0 radical (unpaired) electrons. The van der Waals surface area contributed by atoms with E-state index in [4.69, 9.17) is 5.73 Å². The van der Waals surface area contributed by atoms with Gasteiger partial charge in [-0.1, -0.05) is 6.08 Å². The van der Waals surface area contributed by atoms with Crippen molar-refractivity contribution >= 4 is 12.4 Å². The van der Waals surface area contributed by atoms with Crippen molar-refractivity contribution in [3.05, 3.63) is 42.0 Å². The molecule has 0 saturated carbocycles. The number of benzene rings is 1. The van der Waals surface area contributed by atoms with Gasteiger partial charge < -0.3 is 10.8 Å². The van der Waals surface area contributed by atoms with E-state index in [1.165, 1.54) is 6.08 Å². The van der Waals surface area contributed by atoms with Crippen LogP contribution in [0.1, 0.15) is 18.0 Å². The van der Waals surface area contributed by atoms with Gasteiger partial charge in [-0.3, -0.25) is 0 Å². The lowest BCUT2D eigenvalue weighted by atomic mass is 10.0. The number of halogens is 3. The molecule has 0 saturated heterocycles. The van der Waals surface area contributed by atoms with E-state index in [1.54, 1.807) is 0 Å². The molecule has 1 rings (SSSR count). The fourth-order valence-corrected chi connectivity index (χ4v) is 1.24. The molecule has 0 heterocycles. The van der Waals surface area contributed by atoms with E-state index in [1.807, 2.05) is 0 Å². The molecule has 0 unspecified atom stereocenters. The molecule has 1 aromatic carbocycles. The van der Waals surface area contributed by atoms with Crippen molar-refractivity contribution in [2.24, 2.45) is 5.73 Å². The SMILES string of the molecule is C=CC[C@@H](N)c1c(O)cc(F)cc1F.Cl. The molecule has 2 nitrogen and oxygen atoms in total. The number of aromatic hydroxyl groups is 1. The number of rotatable bonds is 3. The quantitative estimate of drug-likeness (QED) is 0.792. The largest absolute Gasteiger partial charge is 0.507 e. The third-order valence-electron chi connectivity index (χ3n) is 1.86. The number of phenols is 1. The molecule has 1 aromatic rings. The van der Waals surface area contributed by atoms with Gasteiger partial charge in [-0.15, -0.1) is 19.0 Å². The van der Waals surface area contributed by atoms with Crippen molar-refractivity contribution in [2.75, 3.05) is 0 Å². The van der Waals surface area contributed by atoms with E-state index in [-0.39, 0.29) is 18.0 Å². The zero-order chi connectivity index (χ0) is 10.7. The highest BCUT2D eigenvalue weighted by atomic mass is 35.5. The standard InChI is InChI=1S/C10H11F2NO.ClH/c1-2-3-8(13)10-7(12)4-6(11)5-9(10)14;/h2,4-5,8,14H,1,3,13H2;1H/t8-;/m1./s1. The predicted octanol–water partition coefficient (Wildman–Crippen LogP) is 2.67. The van der Waals surface area contributed by atoms with Crippen LogP contribution in [0.25, 0.3) is 0 Å². The Morgan fingerprint density at radius 1 is 1.47 bits per heavy atom. The molecule has 0 bridgehead atoms. The second kappa shape index (κ2) is 5.68. The zero-order valence-electron chi connectivity index (χ0n) is 7.91. The summed E-state index contributed by atoms with van der Waals surface area (Å²) in [7, 11) is 0. The maximum absolute atomic E-state index is 13.2. The molecule has 84 valence electrons. The van der Waals surface area contributed by atoms with Gasteiger partial charge in [-0.05, 0) is 6.42 Å². The Morgan fingerprint density at radius 3 is 2.53 bits per heavy atom. The first-order valence-electron chi connectivity index (χ1n) is 4.10. The Balaban J connectivity index is 0.00000196. The normalized spacial score (nSPS) is 11.7. The number of nitrogens with two attached hydrogens (primary N) is 1. The van der Waals surface area contributed by atoms with Gasteiger partial charge in [0.25, 0.3) is 0 Å². The third-order valence-corrected chi connectivity index (χ3v) is 1.86. The van der Waals surface area contributed by atoms with E-state index in [0.717, 1.165) is 6.07 Å². The van der Waals surface area contributed by atoms with E-state index < -0.39 is 23.4 Å². The number of phenolic OH excluding ortho intramolecular Hbond substituents is 1. The lowest BCUT2D eigenvalue weighted by Crippen LogP contribution is -2.11. The van der Waals surface area contributed by atoms with Crippen LogP contribution in [-0.2, 0) is 0 Å². The van der Waals surface area contributed by atoms with Gasteiger partial charge in [0.2, 0.25) is 0 Å². The Labute approximate surface area is 92.8 Å². The average Bonchev–Trinajstić information content (AvgIpc) is 2.01. The summed E-state index contributed by atoms with van der Waals surface area (Å²) < 4.78 is 25.8. The first kappa shape index (κ1) is 13.9. The summed E-state index contributed by atoms with van der Waals surface area (Å²) in [6.07, 6.45) is 1.82. The van der Waals surface area contributed by atoms with Gasteiger partial charge >= 0.3 is 0 Å². The fraction of sp³-hybridized carbons (Fsp3) is 0.200. The topological polar surface area (TPSA) is 46.2 Å². The van der Waals surface area contributed by atoms with Crippen LogP contribution in [0.3, 0.4) is 0 Å². The van der Waals surface area contributed by atoms with Gasteiger partial charge in [-0.25, -0.2) is 8.78 Å². The van der Waals surface area contributed by atoms with Gasteiger partial charge in [0.05, 0.1) is 0 Å². The minimum Gasteiger partial charge on any atom is -0.507 e. The minimum atomic E-state index is -0.836. The lowest BCUT2D eigenvalue weighted by Gasteiger charge is -2.12. The Bertz CT molecular complexity index is 334. The van der Waals surface area contributed by atoms with Crippen LogP contribution in [0.15, 0.2) is 24.8 Å². The monoisotopic (exact) mass is 235 g/mol. The van der Waals surface area contributed by atoms with Crippen LogP contribution >= 0.6 is 12.4 Å². The van der Waals surface area contributed by atoms with E-state index in [2.05, 4.69) is 6.58 Å². The first-order chi connectivity index (χ1) is 6.56. The molecule has 1 atom stereocenters. The van der Waals surface area contributed by atoms with Crippen LogP contribution < -0.4 is 5.73 Å². The fourth-order valence-electron chi connectivity index (χ4n) is 1.24. The predicted molar refractivity (Wildman–Crippen MR) is 57.0 cm³/mol. The van der Waals surface area contributed by atoms with Gasteiger partial charge in [0, 0.05) is 23.7 Å². The van der Waals surface area contributed by atoms with E-state index in [9.17, 15) is 13.9 Å². The minimum absolute atomic E-state index is 0. The molecule has 0 fully saturated rings. The summed E-state index contributed by atoms with van der Waals surface area (Å²) >= 11 is 0. The Morgan fingerprint density at radius 2 is 2.07 bits per heavy atom. The highest BCUT2D eigenvalue weighted by molar-refractivity contribution is 5.85. The van der Waals surface area contributed by atoms with Crippen molar-refractivity contribution in [1.29, 1.82) is 0 Å². The molecular weight excluding hydrogens is 224 g/mol.